The maximum absolute atomic E-state index is 13.2. The van der Waals surface area contributed by atoms with E-state index in [2.05, 4.69) is 20.4 Å². The first-order chi connectivity index (χ1) is 20.3. The van der Waals surface area contributed by atoms with Crippen molar-refractivity contribution in [1.82, 2.24) is 20.2 Å². The summed E-state index contributed by atoms with van der Waals surface area (Å²) in [6, 6.07) is -1.12. The zero-order valence-electron chi connectivity index (χ0n) is 22.4. The quantitative estimate of drug-likeness (QED) is 0.0415. The van der Waals surface area contributed by atoms with Gasteiger partial charge in [-0.2, -0.15) is 0 Å². The first kappa shape index (κ1) is 31.5. The number of nitrogen functional groups attached to an aromatic ring is 2. The molecule has 4 rings (SSSR count). The smallest absolute Gasteiger partial charge is 0.361 e. The van der Waals surface area contributed by atoms with Crippen LogP contribution in [-0.4, -0.2) is 89.5 Å². The van der Waals surface area contributed by atoms with E-state index in [1.807, 2.05) is 0 Å². The average Bonchev–Trinajstić information content (AvgIpc) is 3.36. The molecule has 2 amide bonds. The highest BCUT2D eigenvalue weighted by Gasteiger charge is 2.53. The van der Waals surface area contributed by atoms with Crippen molar-refractivity contribution in [3.8, 4) is 0 Å². The summed E-state index contributed by atoms with van der Waals surface area (Å²) in [5.74, 6) is -5.51. The molecule has 1 saturated heterocycles. The fourth-order valence-electron chi connectivity index (χ4n) is 4.03. The summed E-state index contributed by atoms with van der Waals surface area (Å²) in [6.45, 7) is 1.44. The first-order valence-corrected chi connectivity index (χ1v) is 15.1. The van der Waals surface area contributed by atoms with Gasteiger partial charge >= 0.3 is 17.1 Å². The van der Waals surface area contributed by atoms with Crippen LogP contribution in [0.3, 0.4) is 0 Å². The van der Waals surface area contributed by atoms with Crippen molar-refractivity contribution in [1.29, 1.82) is 0 Å². The summed E-state index contributed by atoms with van der Waals surface area (Å²) in [5, 5.41) is 37.7. The molecule has 2 aliphatic rings. The van der Waals surface area contributed by atoms with Crippen LogP contribution in [0.1, 0.15) is 29.4 Å². The second kappa shape index (κ2) is 12.8. The number of oxime groups is 1. The molecule has 2 aromatic heterocycles. The number of hydrogen-bond acceptors (Lipinski definition) is 15. The normalized spacial score (nSPS) is 18.9. The molecular weight excluding hydrogens is 629 g/mol. The van der Waals surface area contributed by atoms with Gasteiger partial charge in [0.25, 0.3) is 17.6 Å². The number of aryl methyl sites for hydroxylation is 1. The molecule has 0 saturated carbocycles. The Hall–Kier alpha value is -4.43. The number of carboxylic acid groups (broad SMARTS) is 3. The average molecular weight is 653 g/mol. The Balaban J connectivity index is 1.50. The number of thiazole rings is 1. The SMILES string of the molecule is CC(CC(=O)O)O/N=C(\C(=O)NC1C(=O)N2C(C(=O)[O-])=C(CSc3nc(N)c(C(=O)O)c[n+]3C)CS[C@H]12)c1csc(N)n1. The van der Waals surface area contributed by atoms with Gasteiger partial charge in [-0.25, -0.2) is 14.3 Å². The molecule has 4 heterocycles. The van der Waals surface area contributed by atoms with Crippen molar-refractivity contribution >= 4 is 81.2 Å². The Kier molecular flexibility index (Phi) is 9.40. The molecule has 1 fully saturated rings. The van der Waals surface area contributed by atoms with E-state index in [0.29, 0.717) is 10.7 Å². The van der Waals surface area contributed by atoms with E-state index < -0.39 is 47.2 Å². The third-order valence-electron chi connectivity index (χ3n) is 6.02. The van der Waals surface area contributed by atoms with Crippen molar-refractivity contribution in [3.05, 3.63) is 34.1 Å². The van der Waals surface area contributed by atoms with Crippen LogP contribution in [0.5, 0.6) is 0 Å². The predicted molar refractivity (Wildman–Crippen MR) is 150 cm³/mol. The van der Waals surface area contributed by atoms with Crippen molar-refractivity contribution < 1.29 is 48.7 Å². The van der Waals surface area contributed by atoms with Crippen LogP contribution in [0.25, 0.3) is 0 Å². The third kappa shape index (κ3) is 6.81. The van der Waals surface area contributed by atoms with Crippen molar-refractivity contribution in [3.63, 3.8) is 0 Å². The van der Waals surface area contributed by atoms with Crippen LogP contribution in [0, 0.1) is 0 Å². The van der Waals surface area contributed by atoms with Gasteiger partial charge in [-0.15, -0.1) is 23.1 Å². The number of anilines is 2. The fourth-order valence-corrected chi connectivity index (χ4v) is 7.01. The minimum Gasteiger partial charge on any atom is -0.543 e. The molecule has 3 atom stereocenters. The number of fused-ring (bicyclic) bond motifs is 1. The van der Waals surface area contributed by atoms with Crippen LogP contribution in [0.2, 0.25) is 0 Å². The molecule has 17 nitrogen and oxygen atoms in total. The number of aromatic nitrogens is 3. The molecule has 0 spiro atoms. The number of aliphatic carboxylic acids is 2. The lowest BCUT2D eigenvalue weighted by atomic mass is 10.0. The van der Waals surface area contributed by atoms with E-state index >= 15 is 0 Å². The van der Waals surface area contributed by atoms with Crippen molar-refractivity contribution in [2.75, 3.05) is 23.0 Å². The number of aromatic carboxylic acids is 1. The van der Waals surface area contributed by atoms with Gasteiger partial charge in [0.2, 0.25) is 0 Å². The topological polar surface area (TPSA) is 267 Å². The maximum Gasteiger partial charge on any atom is 0.361 e. The molecule has 0 aliphatic carbocycles. The zero-order chi connectivity index (χ0) is 31.6. The van der Waals surface area contributed by atoms with Crippen LogP contribution in [-0.2, 0) is 31.1 Å². The lowest BCUT2D eigenvalue weighted by Gasteiger charge is -2.50. The van der Waals surface area contributed by atoms with Crippen LogP contribution >= 0.6 is 34.9 Å². The highest BCUT2D eigenvalue weighted by Crippen LogP contribution is 2.41. The van der Waals surface area contributed by atoms with Crippen LogP contribution < -0.4 is 26.5 Å². The second-order valence-corrected chi connectivity index (χ2v) is 12.1. The van der Waals surface area contributed by atoms with Gasteiger partial charge in [0.05, 0.1) is 25.1 Å². The van der Waals surface area contributed by atoms with Crippen molar-refractivity contribution in [2.24, 2.45) is 12.2 Å². The molecule has 2 aliphatic heterocycles. The molecule has 43 heavy (non-hydrogen) atoms. The molecule has 228 valence electrons. The highest BCUT2D eigenvalue weighted by molar-refractivity contribution is 8.01. The van der Waals surface area contributed by atoms with Gasteiger partial charge in [-0.1, -0.05) is 5.16 Å². The first-order valence-electron chi connectivity index (χ1n) is 12.2. The van der Waals surface area contributed by atoms with Gasteiger partial charge in [0.1, 0.15) is 29.4 Å². The predicted octanol–water partition coefficient (Wildman–Crippen LogP) is -1.99. The van der Waals surface area contributed by atoms with Gasteiger partial charge < -0.3 is 41.7 Å². The molecule has 0 bridgehead atoms. The van der Waals surface area contributed by atoms with Crippen LogP contribution in [0.15, 0.2) is 33.2 Å². The fraction of sp³-hybridized carbons (Fsp3) is 0.348. The lowest BCUT2D eigenvalue weighted by Crippen LogP contribution is -2.71. The monoisotopic (exact) mass is 652 g/mol. The van der Waals surface area contributed by atoms with Gasteiger partial charge in [0, 0.05) is 16.9 Å². The molecule has 7 N–H and O–H groups in total. The number of thioether (sulfide) groups is 2. The standard InChI is InChI=1S/C23H24N8O9S3/c1-8(3-12(32)33)40-29-13(11-7-42-22(25)26-11)17(34)27-14-18(35)31-15(21(38)39)9(5-41-19(14)31)6-43-23-28-16(24)10(20(36)37)4-30(23)2/h4,7-8,14,19,24H,3,5-6H2,1-2H3,(H6,25,26,27,32,33,34,36,37,38,39)/b29-13-/t8?,14?,19-/m1/s1. The Morgan fingerprint density at radius 1 is 1.33 bits per heavy atom. The minimum atomic E-state index is -1.59. The van der Waals surface area contributed by atoms with E-state index in [1.54, 1.807) is 7.05 Å². The van der Waals surface area contributed by atoms with Gasteiger partial charge in [-0.3, -0.25) is 19.3 Å². The summed E-state index contributed by atoms with van der Waals surface area (Å²) in [5.41, 5.74) is 10.9. The van der Waals surface area contributed by atoms with E-state index in [0.717, 1.165) is 28.0 Å². The number of nitrogens with one attached hydrogen (secondary N) is 1. The number of carbonyl (C=O) groups excluding carboxylic acids is 3. The third-order valence-corrected chi connectivity index (χ3v) is 9.16. The highest BCUT2D eigenvalue weighted by atomic mass is 32.2. The molecule has 20 heteroatoms. The van der Waals surface area contributed by atoms with Crippen LogP contribution in [0.4, 0.5) is 10.9 Å². The number of carbonyl (C=O) groups is 5. The Morgan fingerprint density at radius 3 is 2.65 bits per heavy atom. The van der Waals surface area contributed by atoms with E-state index in [4.69, 9.17) is 21.4 Å². The number of hydrogen-bond donors (Lipinski definition) is 5. The summed E-state index contributed by atoms with van der Waals surface area (Å²) in [4.78, 5) is 74.9. The Bertz CT molecular complexity index is 1580. The maximum atomic E-state index is 13.2. The number of nitrogens with two attached hydrogens (primary N) is 2. The molecule has 2 aromatic rings. The zero-order valence-corrected chi connectivity index (χ0v) is 24.8. The lowest BCUT2D eigenvalue weighted by molar-refractivity contribution is -0.713. The van der Waals surface area contributed by atoms with E-state index in [9.17, 15) is 34.2 Å². The van der Waals surface area contributed by atoms with Crippen molar-refractivity contribution in [2.45, 2.75) is 36.0 Å². The van der Waals surface area contributed by atoms with E-state index in [1.165, 1.54) is 34.8 Å². The largest absolute Gasteiger partial charge is 0.543 e. The van der Waals surface area contributed by atoms with Gasteiger partial charge in [0.15, 0.2) is 16.4 Å². The summed E-state index contributed by atoms with van der Waals surface area (Å²) >= 11 is 3.32. The Labute approximate surface area is 255 Å². The number of amides is 2. The molecular formula is C23H24N8O9S3. The number of rotatable bonds is 12. The van der Waals surface area contributed by atoms with Gasteiger partial charge in [-0.05, 0) is 29.2 Å². The molecule has 0 aromatic carbocycles. The summed E-state index contributed by atoms with van der Waals surface area (Å²) in [7, 11) is 1.56. The number of β-lactam (4-membered cyclic amide) rings is 1. The number of carboxylic acids is 3. The Morgan fingerprint density at radius 2 is 2.05 bits per heavy atom. The minimum absolute atomic E-state index is 0.0379. The van der Waals surface area contributed by atoms with E-state index in [-0.39, 0.29) is 51.5 Å². The second-order valence-electron chi connectivity index (χ2n) is 9.15. The summed E-state index contributed by atoms with van der Waals surface area (Å²) in [6.07, 6.45) is 0.0108. The molecule has 0 radical (unpaired) electrons. The molecule has 2 unspecified atom stereocenters. The number of nitrogens with zero attached hydrogens (tertiary/aromatic N) is 5. The summed E-state index contributed by atoms with van der Waals surface area (Å²) < 4.78 is 1.43.